The van der Waals surface area contributed by atoms with Crippen molar-refractivity contribution in [2.75, 3.05) is 7.11 Å². The van der Waals surface area contributed by atoms with E-state index < -0.39 is 0 Å². The molecule has 5 heteroatoms. The van der Waals surface area contributed by atoms with E-state index in [-0.39, 0.29) is 0 Å². The zero-order valence-electron chi connectivity index (χ0n) is 8.54. The lowest BCUT2D eigenvalue weighted by Crippen LogP contribution is -1.88. The van der Waals surface area contributed by atoms with Crippen LogP contribution in [0.5, 0.6) is 5.75 Å². The Balaban J connectivity index is 2.49. The summed E-state index contributed by atoms with van der Waals surface area (Å²) in [6.07, 6.45) is 0. The molecule has 1 heterocycles. The monoisotopic (exact) mass is 317 g/mol. The van der Waals surface area contributed by atoms with Crippen molar-refractivity contribution >= 4 is 38.9 Å². The number of hydrogen-bond acceptors (Lipinski definition) is 3. The van der Waals surface area contributed by atoms with Crippen molar-refractivity contribution in [3.63, 3.8) is 0 Å². The maximum absolute atomic E-state index is 5.98. The van der Waals surface area contributed by atoms with E-state index in [1.54, 1.807) is 18.4 Å². The van der Waals surface area contributed by atoms with Gasteiger partial charge in [0.2, 0.25) is 0 Å². The van der Waals surface area contributed by atoms with Gasteiger partial charge in [-0.3, -0.25) is 0 Å². The summed E-state index contributed by atoms with van der Waals surface area (Å²) in [5, 5.41) is 4.49. The van der Waals surface area contributed by atoms with Crippen LogP contribution in [0, 0.1) is 0 Å². The Morgan fingerprint density at radius 1 is 1.50 bits per heavy atom. The standard InChI is InChI=1S/C11H9BrClNOS/c1-15-10-3-2-7(13)4-8(10)9-6-16-11(5-12)14-9/h2-4,6H,5H2,1H3. The Hall–Kier alpha value is -0.580. The number of ether oxygens (including phenoxy) is 1. The van der Waals surface area contributed by atoms with Gasteiger partial charge in [0.15, 0.2) is 0 Å². The summed E-state index contributed by atoms with van der Waals surface area (Å²) in [6.45, 7) is 0. The van der Waals surface area contributed by atoms with Crippen LogP contribution in [0.25, 0.3) is 11.3 Å². The number of nitrogens with zero attached hydrogens (tertiary/aromatic N) is 1. The van der Waals surface area contributed by atoms with E-state index in [2.05, 4.69) is 20.9 Å². The van der Waals surface area contributed by atoms with Crippen molar-refractivity contribution in [1.29, 1.82) is 0 Å². The van der Waals surface area contributed by atoms with Crippen LogP contribution in [0.1, 0.15) is 5.01 Å². The van der Waals surface area contributed by atoms with E-state index in [9.17, 15) is 0 Å². The first-order chi connectivity index (χ1) is 7.74. The molecule has 84 valence electrons. The minimum absolute atomic E-state index is 0.684. The van der Waals surface area contributed by atoms with E-state index in [1.807, 2.05) is 23.6 Å². The highest BCUT2D eigenvalue weighted by Crippen LogP contribution is 2.33. The third kappa shape index (κ3) is 2.39. The highest BCUT2D eigenvalue weighted by atomic mass is 79.9. The molecule has 0 atom stereocenters. The van der Waals surface area contributed by atoms with Gasteiger partial charge in [-0.1, -0.05) is 27.5 Å². The van der Waals surface area contributed by atoms with Gasteiger partial charge in [-0.25, -0.2) is 4.98 Å². The molecule has 0 N–H and O–H groups in total. The van der Waals surface area contributed by atoms with Crippen molar-refractivity contribution in [1.82, 2.24) is 4.98 Å². The summed E-state index contributed by atoms with van der Waals surface area (Å²) < 4.78 is 5.29. The average Bonchev–Trinajstić information content (AvgIpc) is 2.77. The normalized spacial score (nSPS) is 10.4. The number of thiazole rings is 1. The third-order valence-electron chi connectivity index (χ3n) is 2.10. The van der Waals surface area contributed by atoms with Crippen LogP contribution >= 0.6 is 38.9 Å². The van der Waals surface area contributed by atoms with Gasteiger partial charge < -0.3 is 4.74 Å². The summed E-state index contributed by atoms with van der Waals surface area (Å²) in [4.78, 5) is 4.48. The molecule has 0 amide bonds. The van der Waals surface area contributed by atoms with Crippen molar-refractivity contribution in [2.45, 2.75) is 5.33 Å². The molecule has 0 aliphatic heterocycles. The fraction of sp³-hybridized carbons (Fsp3) is 0.182. The second kappa shape index (κ2) is 5.17. The number of rotatable bonds is 3. The van der Waals surface area contributed by atoms with Gasteiger partial charge in [0, 0.05) is 16.0 Å². The second-order valence-electron chi connectivity index (χ2n) is 3.10. The van der Waals surface area contributed by atoms with Crippen LogP contribution < -0.4 is 4.74 Å². The molecule has 0 unspecified atom stereocenters. The molecule has 0 aliphatic carbocycles. The molecule has 0 saturated heterocycles. The maximum Gasteiger partial charge on any atom is 0.128 e. The first kappa shape index (κ1) is 11.9. The minimum Gasteiger partial charge on any atom is -0.496 e. The Bertz CT molecular complexity index is 500. The van der Waals surface area contributed by atoms with Crippen molar-refractivity contribution in [3.05, 3.63) is 33.6 Å². The zero-order chi connectivity index (χ0) is 11.5. The van der Waals surface area contributed by atoms with Crippen LogP contribution in [-0.2, 0) is 5.33 Å². The Labute approximate surface area is 111 Å². The molecule has 2 nitrogen and oxygen atoms in total. The van der Waals surface area contributed by atoms with Gasteiger partial charge in [0.05, 0.1) is 18.1 Å². The number of hydrogen-bond donors (Lipinski definition) is 0. The Morgan fingerprint density at radius 2 is 2.31 bits per heavy atom. The van der Waals surface area contributed by atoms with Crippen LogP contribution in [0.3, 0.4) is 0 Å². The van der Waals surface area contributed by atoms with E-state index in [0.29, 0.717) is 5.02 Å². The summed E-state index contributed by atoms with van der Waals surface area (Å²) in [7, 11) is 1.64. The number of halogens is 2. The smallest absolute Gasteiger partial charge is 0.128 e. The molecule has 0 fully saturated rings. The van der Waals surface area contributed by atoms with Gasteiger partial charge in [-0.05, 0) is 18.2 Å². The Kier molecular flexibility index (Phi) is 3.84. The lowest BCUT2D eigenvalue weighted by Gasteiger charge is -2.06. The SMILES string of the molecule is COc1ccc(Cl)cc1-c1csc(CBr)n1. The van der Waals surface area contributed by atoms with Gasteiger partial charge >= 0.3 is 0 Å². The van der Waals surface area contributed by atoms with E-state index in [4.69, 9.17) is 16.3 Å². The molecule has 2 rings (SSSR count). The summed E-state index contributed by atoms with van der Waals surface area (Å²) in [6, 6.07) is 5.53. The number of benzene rings is 1. The molecule has 0 saturated carbocycles. The quantitative estimate of drug-likeness (QED) is 0.784. The van der Waals surface area contributed by atoms with Crippen LogP contribution in [0.4, 0.5) is 0 Å². The molecule has 0 spiro atoms. The molecule has 0 radical (unpaired) electrons. The first-order valence-corrected chi connectivity index (χ1v) is 6.97. The topological polar surface area (TPSA) is 22.1 Å². The molecule has 1 aromatic heterocycles. The van der Waals surface area contributed by atoms with Gasteiger partial charge in [-0.2, -0.15) is 0 Å². The van der Waals surface area contributed by atoms with Crippen molar-refractivity contribution < 1.29 is 4.74 Å². The van der Waals surface area contributed by atoms with E-state index in [1.165, 1.54) is 0 Å². The lowest BCUT2D eigenvalue weighted by molar-refractivity contribution is 0.416. The lowest BCUT2D eigenvalue weighted by atomic mass is 10.1. The molecular weight excluding hydrogens is 310 g/mol. The zero-order valence-corrected chi connectivity index (χ0v) is 11.7. The fourth-order valence-electron chi connectivity index (χ4n) is 1.38. The van der Waals surface area contributed by atoms with Gasteiger partial charge in [-0.15, -0.1) is 11.3 Å². The van der Waals surface area contributed by atoms with Crippen LogP contribution in [0.15, 0.2) is 23.6 Å². The second-order valence-corrected chi connectivity index (χ2v) is 5.04. The molecule has 2 aromatic rings. The fourth-order valence-corrected chi connectivity index (χ4v) is 2.71. The average molecular weight is 319 g/mol. The van der Waals surface area contributed by atoms with E-state index >= 15 is 0 Å². The number of aromatic nitrogens is 1. The highest BCUT2D eigenvalue weighted by molar-refractivity contribution is 9.08. The predicted molar refractivity (Wildman–Crippen MR) is 71.7 cm³/mol. The summed E-state index contributed by atoms with van der Waals surface area (Å²) in [5.41, 5.74) is 1.83. The summed E-state index contributed by atoms with van der Waals surface area (Å²) >= 11 is 11.0. The van der Waals surface area contributed by atoms with Crippen molar-refractivity contribution in [3.8, 4) is 17.0 Å². The molecule has 0 bridgehead atoms. The molecule has 1 aromatic carbocycles. The maximum atomic E-state index is 5.98. The molecule has 0 aliphatic rings. The third-order valence-corrected chi connectivity index (χ3v) is 4.09. The minimum atomic E-state index is 0.684. The molecule has 16 heavy (non-hydrogen) atoms. The predicted octanol–water partition coefficient (Wildman–Crippen LogP) is 4.37. The number of methoxy groups -OCH3 is 1. The Morgan fingerprint density at radius 3 is 2.94 bits per heavy atom. The largest absolute Gasteiger partial charge is 0.496 e. The van der Waals surface area contributed by atoms with Gasteiger partial charge in [0.1, 0.15) is 10.8 Å². The van der Waals surface area contributed by atoms with Crippen molar-refractivity contribution in [2.24, 2.45) is 0 Å². The number of alkyl halides is 1. The van der Waals surface area contributed by atoms with E-state index in [0.717, 1.165) is 27.3 Å². The molecular formula is C11H9BrClNOS. The summed E-state index contributed by atoms with van der Waals surface area (Å²) in [5.74, 6) is 0.788. The first-order valence-electron chi connectivity index (χ1n) is 4.59. The highest BCUT2D eigenvalue weighted by Gasteiger charge is 2.10. The van der Waals surface area contributed by atoms with Crippen LogP contribution in [0.2, 0.25) is 5.02 Å². The van der Waals surface area contributed by atoms with Gasteiger partial charge in [0.25, 0.3) is 0 Å². The van der Waals surface area contributed by atoms with Crippen LogP contribution in [-0.4, -0.2) is 12.1 Å².